The quantitative estimate of drug-likeness (QED) is 0.691. The Hall–Kier alpha value is -1.85. The van der Waals surface area contributed by atoms with Gasteiger partial charge in [0.05, 0.1) is 6.04 Å². The van der Waals surface area contributed by atoms with Crippen LogP contribution in [-0.4, -0.2) is 24.3 Å². The third kappa shape index (κ3) is 5.37. The average molecular weight is 332 g/mol. The summed E-state index contributed by atoms with van der Waals surface area (Å²) in [4.78, 5) is 13.3. The van der Waals surface area contributed by atoms with E-state index in [4.69, 9.17) is 0 Å². The number of nitrogens with one attached hydrogen (secondary N) is 2. The van der Waals surface area contributed by atoms with Gasteiger partial charge >= 0.3 is 6.03 Å². The van der Waals surface area contributed by atoms with Crippen LogP contribution in [-0.2, 0) is 0 Å². The maximum Gasteiger partial charge on any atom is 0.315 e. The summed E-state index contributed by atoms with van der Waals surface area (Å²) in [6.07, 6.45) is 1.49. The minimum Gasteiger partial charge on any atom is -0.396 e. The van der Waals surface area contributed by atoms with Crippen LogP contribution < -0.4 is 10.6 Å². The molecule has 1 heterocycles. The number of hydrogen-bond acceptors (Lipinski definition) is 3. The zero-order chi connectivity index (χ0) is 16.5. The zero-order valence-electron chi connectivity index (χ0n) is 13.4. The Morgan fingerprint density at radius 1 is 1.22 bits per heavy atom. The summed E-state index contributed by atoms with van der Waals surface area (Å²) >= 11 is 1.65. The monoisotopic (exact) mass is 332 g/mol. The SMILES string of the molecule is CCC(NC(=O)NCC(CCO)c1ccccc1)c1cccs1. The van der Waals surface area contributed by atoms with E-state index >= 15 is 0 Å². The summed E-state index contributed by atoms with van der Waals surface area (Å²) in [5.74, 6) is 0.119. The van der Waals surface area contributed by atoms with Crippen molar-refractivity contribution in [2.75, 3.05) is 13.2 Å². The van der Waals surface area contributed by atoms with Crippen LogP contribution >= 0.6 is 11.3 Å². The van der Waals surface area contributed by atoms with Crippen molar-refractivity contribution in [1.29, 1.82) is 0 Å². The minimum absolute atomic E-state index is 0.0445. The Morgan fingerprint density at radius 2 is 2.00 bits per heavy atom. The molecule has 0 radical (unpaired) electrons. The van der Waals surface area contributed by atoms with Crippen LogP contribution in [0.2, 0.25) is 0 Å². The second-order valence-electron chi connectivity index (χ2n) is 5.45. The minimum atomic E-state index is -0.163. The van der Waals surface area contributed by atoms with Crippen molar-refractivity contribution in [2.24, 2.45) is 0 Å². The summed E-state index contributed by atoms with van der Waals surface area (Å²) in [7, 11) is 0. The predicted octanol–water partition coefficient (Wildman–Crippen LogP) is 3.66. The number of aliphatic hydroxyl groups excluding tert-OH is 1. The second kappa shape index (κ2) is 9.33. The Balaban J connectivity index is 1.88. The molecule has 1 aromatic heterocycles. The number of benzene rings is 1. The third-order valence-electron chi connectivity index (χ3n) is 3.86. The maximum atomic E-state index is 12.2. The summed E-state index contributed by atoms with van der Waals surface area (Å²) < 4.78 is 0. The van der Waals surface area contributed by atoms with Gasteiger partial charge in [0.15, 0.2) is 0 Å². The molecule has 2 amide bonds. The van der Waals surface area contributed by atoms with Gasteiger partial charge in [-0.05, 0) is 29.9 Å². The largest absolute Gasteiger partial charge is 0.396 e. The number of thiophene rings is 1. The molecule has 0 saturated heterocycles. The Morgan fingerprint density at radius 3 is 2.61 bits per heavy atom. The van der Waals surface area contributed by atoms with Crippen LogP contribution in [0.3, 0.4) is 0 Å². The van der Waals surface area contributed by atoms with Crippen molar-refractivity contribution < 1.29 is 9.90 Å². The number of aliphatic hydroxyl groups is 1. The summed E-state index contributed by atoms with van der Waals surface area (Å²) in [5.41, 5.74) is 1.13. The lowest BCUT2D eigenvalue weighted by Crippen LogP contribution is -2.39. The smallest absolute Gasteiger partial charge is 0.315 e. The van der Waals surface area contributed by atoms with Gasteiger partial charge < -0.3 is 15.7 Å². The van der Waals surface area contributed by atoms with E-state index in [0.717, 1.165) is 16.9 Å². The van der Waals surface area contributed by atoms with Crippen LogP contribution in [0.4, 0.5) is 4.79 Å². The molecule has 0 aliphatic rings. The van der Waals surface area contributed by atoms with E-state index in [1.165, 1.54) is 0 Å². The number of urea groups is 1. The lowest BCUT2D eigenvalue weighted by Gasteiger charge is -2.20. The molecule has 0 fully saturated rings. The molecule has 1 aromatic carbocycles. The molecule has 0 aliphatic heterocycles. The van der Waals surface area contributed by atoms with Gasteiger partial charge in [-0.3, -0.25) is 0 Å². The molecule has 5 heteroatoms. The molecule has 0 aliphatic carbocycles. The van der Waals surface area contributed by atoms with E-state index in [0.29, 0.717) is 13.0 Å². The molecule has 2 unspecified atom stereocenters. The third-order valence-corrected chi connectivity index (χ3v) is 4.84. The van der Waals surface area contributed by atoms with E-state index in [2.05, 4.69) is 17.6 Å². The van der Waals surface area contributed by atoms with E-state index in [-0.39, 0.29) is 24.6 Å². The molecule has 3 N–H and O–H groups in total. The number of rotatable bonds is 8. The van der Waals surface area contributed by atoms with E-state index in [1.807, 2.05) is 47.8 Å². The molecule has 0 spiro atoms. The highest BCUT2D eigenvalue weighted by Crippen LogP contribution is 2.22. The van der Waals surface area contributed by atoms with Gasteiger partial charge in [0.2, 0.25) is 0 Å². The molecule has 0 bridgehead atoms. The number of carbonyl (C=O) groups excluding carboxylic acids is 1. The van der Waals surface area contributed by atoms with Crippen molar-refractivity contribution in [1.82, 2.24) is 10.6 Å². The van der Waals surface area contributed by atoms with E-state index in [9.17, 15) is 9.90 Å². The fraction of sp³-hybridized carbons (Fsp3) is 0.389. The fourth-order valence-electron chi connectivity index (χ4n) is 2.56. The number of amides is 2. The predicted molar refractivity (Wildman–Crippen MR) is 94.8 cm³/mol. The van der Waals surface area contributed by atoms with Gasteiger partial charge in [0.1, 0.15) is 0 Å². The van der Waals surface area contributed by atoms with Gasteiger partial charge in [-0.25, -0.2) is 4.79 Å². The van der Waals surface area contributed by atoms with Crippen LogP contribution in [0.15, 0.2) is 47.8 Å². The standard InChI is InChI=1S/C18H24N2O2S/c1-2-16(17-9-6-12-23-17)20-18(22)19-13-15(10-11-21)14-7-4-3-5-8-14/h3-9,12,15-16,21H,2,10-11,13H2,1H3,(H2,19,20,22). The number of carbonyl (C=O) groups is 1. The van der Waals surface area contributed by atoms with Crippen molar-refractivity contribution >= 4 is 17.4 Å². The average Bonchev–Trinajstić information content (AvgIpc) is 3.11. The highest BCUT2D eigenvalue weighted by atomic mass is 32.1. The van der Waals surface area contributed by atoms with Gasteiger partial charge in [0.25, 0.3) is 0 Å². The maximum absolute atomic E-state index is 12.2. The molecule has 124 valence electrons. The molecular formula is C18H24N2O2S. The summed E-state index contributed by atoms with van der Waals surface area (Å²) in [5, 5.41) is 17.2. The van der Waals surface area contributed by atoms with Crippen LogP contribution in [0, 0.1) is 0 Å². The Bertz CT molecular complexity index is 572. The molecule has 2 atom stereocenters. The van der Waals surface area contributed by atoms with E-state index < -0.39 is 0 Å². The molecule has 2 aromatic rings. The van der Waals surface area contributed by atoms with Crippen molar-refractivity contribution in [3.8, 4) is 0 Å². The molecular weight excluding hydrogens is 308 g/mol. The molecule has 4 nitrogen and oxygen atoms in total. The van der Waals surface area contributed by atoms with Crippen LogP contribution in [0.25, 0.3) is 0 Å². The highest BCUT2D eigenvalue weighted by molar-refractivity contribution is 7.10. The van der Waals surface area contributed by atoms with E-state index in [1.54, 1.807) is 11.3 Å². The normalized spacial score (nSPS) is 13.3. The van der Waals surface area contributed by atoms with Crippen molar-refractivity contribution in [2.45, 2.75) is 31.7 Å². The first kappa shape index (κ1) is 17.5. The molecule has 23 heavy (non-hydrogen) atoms. The first-order valence-corrected chi connectivity index (χ1v) is 8.86. The topological polar surface area (TPSA) is 61.4 Å². The second-order valence-corrected chi connectivity index (χ2v) is 6.43. The first-order valence-electron chi connectivity index (χ1n) is 7.98. The summed E-state index contributed by atoms with van der Waals surface area (Å²) in [6.45, 7) is 2.68. The van der Waals surface area contributed by atoms with Crippen molar-refractivity contribution in [3.05, 3.63) is 58.3 Å². The fourth-order valence-corrected chi connectivity index (χ4v) is 3.42. The lowest BCUT2D eigenvalue weighted by atomic mass is 9.96. The first-order chi connectivity index (χ1) is 11.2. The zero-order valence-corrected chi connectivity index (χ0v) is 14.2. The van der Waals surface area contributed by atoms with Crippen molar-refractivity contribution in [3.63, 3.8) is 0 Å². The van der Waals surface area contributed by atoms with Crippen LogP contribution in [0.5, 0.6) is 0 Å². The van der Waals surface area contributed by atoms with Gasteiger partial charge in [-0.15, -0.1) is 11.3 Å². The Labute approximate surface area is 141 Å². The molecule has 0 saturated carbocycles. The van der Waals surface area contributed by atoms with Gasteiger partial charge in [0, 0.05) is 23.9 Å². The van der Waals surface area contributed by atoms with Crippen LogP contribution in [0.1, 0.15) is 42.2 Å². The van der Waals surface area contributed by atoms with Gasteiger partial charge in [-0.2, -0.15) is 0 Å². The summed E-state index contributed by atoms with van der Waals surface area (Å²) in [6, 6.07) is 13.9. The highest BCUT2D eigenvalue weighted by Gasteiger charge is 2.16. The molecule has 2 rings (SSSR count). The Kier molecular flexibility index (Phi) is 7.10. The number of hydrogen-bond donors (Lipinski definition) is 3. The van der Waals surface area contributed by atoms with Gasteiger partial charge in [-0.1, -0.05) is 43.3 Å². The lowest BCUT2D eigenvalue weighted by molar-refractivity contribution is 0.233.